The van der Waals surface area contributed by atoms with Crippen LogP contribution in [0.2, 0.25) is 0 Å². The van der Waals surface area contributed by atoms with Gasteiger partial charge in [0.1, 0.15) is 0 Å². The molecule has 0 bridgehead atoms. The number of aryl methyl sites for hydroxylation is 1. The molecule has 0 saturated heterocycles. The van der Waals surface area contributed by atoms with Crippen molar-refractivity contribution < 1.29 is 14.7 Å². The number of hydrogen-bond acceptors (Lipinski definition) is 2. The van der Waals surface area contributed by atoms with E-state index < -0.39 is 11.9 Å². The topological polar surface area (TPSA) is 66.4 Å². The SMILES string of the molecule is O=C(N[C@@H]1CCCc2ccccc21)[C@H]1CCC[C@H]1C(=O)O. The van der Waals surface area contributed by atoms with E-state index in [1.54, 1.807) is 0 Å². The van der Waals surface area contributed by atoms with Crippen LogP contribution in [0, 0.1) is 11.8 Å². The van der Waals surface area contributed by atoms with Gasteiger partial charge in [0.25, 0.3) is 0 Å². The van der Waals surface area contributed by atoms with Gasteiger partial charge in [0.05, 0.1) is 17.9 Å². The van der Waals surface area contributed by atoms with Crippen LogP contribution in [0.25, 0.3) is 0 Å². The second kappa shape index (κ2) is 5.88. The molecule has 0 aromatic heterocycles. The number of carboxylic acids is 1. The molecule has 0 aliphatic heterocycles. The maximum Gasteiger partial charge on any atom is 0.307 e. The molecule has 2 aliphatic rings. The first kappa shape index (κ1) is 14.1. The monoisotopic (exact) mass is 287 g/mol. The summed E-state index contributed by atoms with van der Waals surface area (Å²) in [4.78, 5) is 23.7. The Hall–Kier alpha value is -1.84. The first-order chi connectivity index (χ1) is 10.2. The number of nitrogens with one attached hydrogen (secondary N) is 1. The Bertz CT molecular complexity index is 555. The van der Waals surface area contributed by atoms with Crippen LogP contribution in [-0.4, -0.2) is 17.0 Å². The third-order valence-corrected chi connectivity index (χ3v) is 4.86. The lowest BCUT2D eigenvalue weighted by Gasteiger charge is -2.28. The van der Waals surface area contributed by atoms with Crippen LogP contribution in [-0.2, 0) is 16.0 Å². The minimum absolute atomic E-state index is 0.0393. The van der Waals surface area contributed by atoms with Gasteiger partial charge in [-0.05, 0) is 43.2 Å². The molecule has 1 amide bonds. The van der Waals surface area contributed by atoms with Gasteiger partial charge < -0.3 is 10.4 Å². The molecular formula is C17H21NO3. The minimum atomic E-state index is -0.836. The predicted molar refractivity (Wildman–Crippen MR) is 78.7 cm³/mol. The second-order valence-corrected chi connectivity index (χ2v) is 6.13. The Labute approximate surface area is 124 Å². The molecule has 4 heteroatoms. The van der Waals surface area contributed by atoms with E-state index in [-0.39, 0.29) is 17.9 Å². The molecule has 0 spiro atoms. The number of carbonyl (C=O) groups excluding carboxylic acids is 1. The molecule has 2 N–H and O–H groups in total. The zero-order valence-electron chi connectivity index (χ0n) is 12.0. The van der Waals surface area contributed by atoms with Crippen molar-refractivity contribution in [2.24, 2.45) is 11.8 Å². The normalized spacial score (nSPS) is 27.9. The van der Waals surface area contributed by atoms with Gasteiger partial charge in [0.15, 0.2) is 0 Å². The fraction of sp³-hybridized carbons (Fsp3) is 0.529. The molecular weight excluding hydrogens is 266 g/mol. The van der Waals surface area contributed by atoms with Crippen LogP contribution >= 0.6 is 0 Å². The van der Waals surface area contributed by atoms with Crippen molar-refractivity contribution in [2.75, 3.05) is 0 Å². The molecule has 3 rings (SSSR count). The molecule has 112 valence electrons. The summed E-state index contributed by atoms with van der Waals surface area (Å²) < 4.78 is 0. The van der Waals surface area contributed by atoms with Crippen LogP contribution in [0.1, 0.15) is 49.3 Å². The van der Waals surface area contributed by atoms with Crippen molar-refractivity contribution in [1.82, 2.24) is 5.32 Å². The molecule has 2 aliphatic carbocycles. The van der Waals surface area contributed by atoms with Crippen molar-refractivity contribution in [3.05, 3.63) is 35.4 Å². The zero-order chi connectivity index (χ0) is 14.8. The number of aliphatic carboxylic acids is 1. The number of carbonyl (C=O) groups is 2. The van der Waals surface area contributed by atoms with Gasteiger partial charge in [-0.1, -0.05) is 30.7 Å². The van der Waals surface area contributed by atoms with E-state index in [0.29, 0.717) is 12.8 Å². The Morgan fingerprint density at radius 2 is 1.81 bits per heavy atom. The predicted octanol–water partition coefficient (Wildman–Crippen LogP) is 2.68. The maximum atomic E-state index is 12.5. The second-order valence-electron chi connectivity index (χ2n) is 6.13. The minimum Gasteiger partial charge on any atom is -0.481 e. The highest BCUT2D eigenvalue weighted by Crippen LogP contribution is 2.34. The summed E-state index contributed by atoms with van der Waals surface area (Å²) in [5, 5.41) is 12.3. The fourth-order valence-corrected chi connectivity index (χ4v) is 3.75. The highest BCUT2D eigenvalue weighted by molar-refractivity contribution is 5.85. The van der Waals surface area contributed by atoms with E-state index in [9.17, 15) is 14.7 Å². The van der Waals surface area contributed by atoms with Crippen molar-refractivity contribution >= 4 is 11.9 Å². The number of amides is 1. The van der Waals surface area contributed by atoms with Gasteiger partial charge in [-0.3, -0.25) is 9.59 Å². The van der Waals surface area contributed by atoms with E-state index in [2.05, 4.69) is 17.4 Å². The summed E-state index contributed by atoms with van der Waals surface area (Å²) in [5.41, 5.74) is 2.50. The van der Waals surface area contributed by atoms with Crippen LogP contribution < -0.4 is 5.32 Å². The third kappa shape index (κ3) is 2.80. The largest absolute Gasteiger partial charge is 0.481 e. The average Bonchev–Trinajstić information content (AvgIpc) is 2.97. The van der Waals surface area contributed by atoms with Crippen molar-refractivity contribution in [2.45, 2.75) is 44.6 Å². The Morgan fingerprint density at radius 1 is 1.05 bits per heavy atom. The fourth-order valence-electron chi connectivity index (χ4n) is 3.75. The van der Waals surface area contributed by atoms with Crippen molar-refractivity contribution in [1.29, 1.82) is 0 Å². The van der Waals surface area contributed by atoms with Gasteiger partial charge in [0.2, 0.25) is 5.91 Å². The number of hydrogen-bond donors (Lipinski definition) is 2. The summed E-state index contributed by atoms with van der Waals surface area (Å²) in [6.07, 6.45) is 5.20. The number of rotatable bonds is 3. The molecule has 0 heterocycles. The van der Waals surface area contributed by atoms with Gasteiger partial charge in [-0.25, -0.2) is 0 Å². The zero-order valence-corrected chi connectivity index (χ0v) is 12.0. The highest BCUT2D eigenvalue weighted by Gasteiger charge is 2.38. The number of benzene rings is 1. The molecule has 3 atom stereocenters. The van der Waals surface area contributed by atoms with E-state index in [0.717, 1.165) is 25.7 Å². The van der Waals surface area contributed by atoms with Crippen molar-refractivity contribution in [3.8, 4) is 0 Å². The smallest absolute Gasteiger partial charge is 0.307 e. The summed E-state index contributed by atoms with van der Waals surface area (Å²) in [6.45, 7) is 0. The average molecular weight is 287 g/mol. The Kier molecular flexibility index (Phi) is 3.95. The van der Waals surface area contributed by atoms with E-state index in [1.807, 2.05) is 12.1 Å². The van der Waals surface area contributed by atoms with Crippen molar-refractivity contribution in [3.63, 3.8) is 0 Å². The van der Waals surface area contributed by atoms with E-state index >= 15 is 0 Å². The molecule has 21 heavy (non-hydrogen) atoms. The maximum absolute atomic E-state index is 12.5. The lowest BCUT2D eigenvalue weighted by Crippen LogP contribution is -2.38. The molecule has 1 saturated carbocycles. The molecule has 1 aromatic rings. The molecule has 1 fully saturated rings. The highest BCUT2D eigenvalue weighted by atomic mass is 16.4. The first-order valence-electron chi connectivity index (χ1n) is 7.78. The number of fused-ring (bicyclic) bond motifs is 1. The Balaban J connectivity index is 1.73. The van der Waals surface area contributed by atoms with Crippen LogP contribution in [0.3, 0.4) is 0 Å². The summed E-state index contributed by atoms with van der Waals surface area (Å²) in [6, 6.07) is 8.25. The van der Waals surface area contributed by atoms with E-state index in [1.165, 1.54) is 11.1 Å². The van der Waals surface area contributed by atoms with E-state index in [4.69, 9.17) is 0 Å². The molecule has 1 aromatic carbocycles. The first-order valence-corrected chi connectivity index (χ1v) is 7.78. The van der Waals surface area contributed by atoms with Gasteiger partial charge in [0, 0.05) is 0 Å². The Morgan fingerprint density at radius 3 is 2.62 bits per heavy atom. The van der Waals surface area contributed by atoms with Crippen LogP contribution in [0.15, 0.2) is 24.3 Å². The molecule has 0 radical (unpaired) electrons. The molecule has 0 unspecified atom stereocenters. The lowest BCUT2D eigenvalue weighted by molar-refractivity contribution is -0.146. The summed E-state index contributed by atoms with van der Waals surface area (Å²) in [5.74, 6) is -1.79. The third-order valence-electron chi connectivity index (χ3n) is 4.86. The van der Waals surface area contributed by atoms with Crippen LogP contribution in [0.5, 0.6) is 0 Å². The van der Waals surface area contributed by atoms with Gasteiger partial charge in [-0.2, -0.15) is 0 Å². The number of carboxylic acid groups (broad SMARTS) is 1. The lowest BCUT2D eigenvalue weighted by atomic mass is 9.87. The van der Waals surface area contributed by atoms with Gasteiger partial charge >= 0.3 is 5.97 Å². The quantitative estimate of drug-likeness (QED) is 0.898. The molecule has 4 nitrogen and oxygen atoms in total. The van der Waals surface area contributed by atoms with Crippen LogP contribution in [0.4, 0.5) is 0 Å². The van der Waals surface area contributed by atoms with Gasteiger partial charge in [-0.15, -0.1) is 0 Å². The standard InChI is InChI=1S/C17H21NO3/c19-16(13-8-4-9-14(13)17(20)21)18-15-10-3-6-11-5-1-2-7-12(11)15/h1-2,5,7,13-15H,3-4,6,8-10H2,(H,18,19)(H,20,21)/t13-,14+,15+/m0/s1. The summed E-state index contributed by atoms with van der Waals surface area (Å²) >= 11 is 0. The summed E-state index contributed by atoms with van der Waals surface area (Å²) in [7, 11) is 0.